The van der Waals surface area contributed by atoms with Gasteiger partial charge in [-0.2, -0.15) is 0 Å². The van der Waals surface area contributed by atoms with Gasteiger partial charge in [-0.05, 0) is 6.08 Å². The first-order valence-corrected chi connectivity index (χ1v) is 3.45. The molecule has 0 aromatic carbocycles. The molecule has 2 heteroatoms. The average Bonchev–Trinajstić information content (AvgIpc) is 2.59. The molecule has 10 heavy (non-hydrogen) atoms. The Labute approximate surface area is 60.6 Å². The topological polar surface area (TPSA) is 21.3 Å². The Morgan fingerprint density at radius 1 is 1.50 bits per heavy atom. The summed E-state index contributed by atoms with van der Waals surface area (Å²) in [7, 11) is 0. The van der Waals surface area contributed by atoms with Crippen molar-refractivity contribution in [2.45, 2.75) is 6.04 Å². The summed E-state index contributed by atoms with van der Waals surface area (Å²) in [5, 5.41) is 3.29. The maximum absolute atomic E-state index is 4.87. The lowest BCUT2D eigenvalue weighted by molar-refractivity contribution is 0.317. The van der Waals surface area contributed by atoms with Crippen LogP contribution >= 0.6 is 0 Å². The monoisotopic (exact) mass is 135 g/mol. The molecule has 0 aromatic rings. The van der Waals surface area contributed by atoms with Crippen LogP contribution in [0.5, 0.6) is 0 Å². The van der Waals surface area contributed by atoms with E-state index in [4.69, 9.17) is 4.74 Å². The molecule has 0 bridgehead atoms. The van der Waals surface area contributed by atoms with Crippen LogP contribution in [0.1, 0.15) is 0 Å². The van der Waals surface area contributed by atoms with Crippen LogP contribution < -0.4 is 5.32 Å². The van der Waals surface area contributed by atoms with Gasteiger partial charge in [0, 0.05) is 18.5 Å². The SMILES string of the molecule is [C]1OC=CC1C1C=CCN1. The lowest BCUT2D eigenvalue weighted by Crippen LogP contribution is -2.28. The van der Waals surface area contributed by atoms with Crippen molar-refractivity contribution in [1.82, 2.24) is 5.32 Å². The average molecular weight is 135 g/mol. The van der Waals surface area contributed by atoms with Crippen LogP contribution in [0.15, 0.2) is 24.5 Å². The summed E-state index contributed by atoms with van der Waals surface area (Å²) >= 11 is 0. The molecule has 2 nitrogen and oxygen atoms in total. The molecule has 0 fully saturated rings. The van der Waals surface area contributed by atoms with Gasteiger partial charge in [0.25, 0.3) is 0 Å². The van der Waals surface area contributed by atoms with Gasteiger partial charge in [0.1, 0.15) is 0 Å². The van der Waals surface area contributed by atoms with Crippen molar-refractivity contribution in [1.29, 1.82) is 0 Å². The third kappa shape index (κ3) is 0.948. The minimum absolute atomic E-state index is 0.304. The molecule has 52 valence electrons. The van der Waals surface area contributed by atoms with Crippen molar-refractivity contribution >= 4 is 0 Å². The van der Waals surface area contributed by atoms with E-state index in [1.54, 1.807) is 6.26 Å². The van der Waals surface area contributed by atoms with Crippen molar-refractivity contribution in [3.05, 3.63) is 31.1 Å². The fraction of sp³-hybridized carbons (Fsp3) is 0.375. The first-order valence-electron chi connectivity index (χ1n) is 3.45. The number of hydrogen-bond acceptors (Lipinski definition) is 2. The Balaban J connectivity index is 1.98. The maximum Gasteiger partial charge on any atom is 0.204 e. The molecule has 2 radical (unpaired) electrons. The van der Waals surface area contributed by atoms with Gasteiger partial charge >= 0.3 is 0 Å². The first kappa shape index (κ1) is 5.98. The summed E-state index contributed by atoms with van der Waals surface area (Å²) in [6.07, 6.45) is 7.96. The summed E-state index contributed by atoms with van der Waals surface area (Å²) in [5.41, 5.74) is 0. The molecule has 1 N–H and O–H groups in total. The smallest absolute Gasteiger partial charge is 0.204 e. The summed E-state index contributed by atoms with van der Waals surface area (Å²) in [6, 6.07) is 0.402. The summed E-state index contributed by atoms with van der Waals surface area (Å²) < 4.78 is 4.87. The predicted molar refractivity (Wildman–Crippen MR) is 37.9 cm³/mol. The minimum atomic E-state index is 0.304. The van der Waals surface area contributed by atoms with E-state index in [0.717, 1.165) is 6.54 Å². The second-order valence-electron chi connectivity index (χ2n) is 2.45. The summed E-state index contributed by atoms with van der Waals surface area (Å²) in [5.74, 6) is 0.304. The lowest BCUT2D eigenvalue weighted by atomic mass is 10.0. The van der Waals surface area contributed by atoms with Crippen LogP contribution in [0.2, 0.25) is 0 Å². The Bertz CT molecular complexity index is 154. The number of rotatable bonds is 1. The number of nitrogens with one attached hydrogen (secondary N) is 1. The zero-order valence-electron chi connectivity index (χ0n) is 5.58. The second kappa shape index (κ2) is 2.46. The lowest BCUT2D eigenvalue weighted by Gasteiger charge is -2.11. The molecule has 2 rings (SSSR count). The minimum Gasteiger partial charge on any atom is -0.486 e. The molecule has 0 aromatic heterocycles. The van der Waals surface area contributed by atoms with Crippen LogP contribution in [0.4, 0.5) is 0 Å². The van der Waals surface area contributed by atoms with E-state index < -0.39 is 0 Å². The van der Waals surface area contributed by atoms with Crippen molar-refractivity contribution in [2.24, 2.45) is 5.92 Å². The molecule has 2 unspecified atom stereocenters. The van der Waals surface area contributed by atoms with Gasteiger partial charge in [0.05, 0.1) is 6.26 Å². The third-order valence-corrected chi connectivity index (χ3v) is 1.76. The molecule has 0 aliphatic carbocycles. The van der Waals surface area contributed by atoms with Crippen LogP contribution in [-0.2, 0) is 4.74 Å². The zero-order valence-corrected chi connectivity index (χ0v) is 5.58. The normalized spacial score (nSPS) is 36.8. The van der Waals surface area contributed by atoms with E-state index in [2.05, 4.69) is 24.1 Å². The van der Waals surface area contributed by atoms with Crippen LogP contribution in [0.25, 0.3) is 0 Å². The highest BCUT2D eigenvalue weighted by atomic mass is 16.5. The highest BCUT2D eigenvalue weighted by Gasteiger charge is 2.22. The predicted octanol–water partition coefficient (Wildman–Crippen LogP) is 0.713. The quantitative estimate of drug-likeness (QED) is 0.535. The van der Waals surface area contributed by atoms with Gasteiger partial charge in [-0.25, -0.2) is 0 Å². The van der Waals surface area contributed by atoms with Gasteiger partial charge in [-0.15, -0.1) is 0 Å². The summed E-state index contributed by atoms with van der Waals surface area (Å²) in [6.45, 7) is 3.84. The molecular formula is C8H9NO. The fourth-order valence-corrected chi connectivity index (χ4v) is 1.21. The Kier molecular flexibility index (Phi) is 1.47. The van der Waals surface area contributed by atoms with Gasteiger partial charge in [0.15, 0.2) is 0 Å². The molecule has 2 aliphatic rings. The molecule has 0 saturated carbocycles. The van der Waals surface area contributed by atoms with Gasteiger partial charge in [-0.3, -0.25) is 0 Å². The van der Waals surface area contributed by atoms with E-state index in [1.807, 2.05) is 6.08 Å². The van der Waals surface area contributed by atoms with Gasteiger partial charge in [-0.1, -0.05) is 12.2 Å². The van der Waals surface area contributed by atoms with E-state index in [0.29, 0.717) is 12.0 Å². The van der Waals surface area contributed by atoms with E-state index in [1.165, 1.54) is 0 Å². The highest BCUT2D eigenvalue weighted by molar-refractivity contribution is 5.12. The van der Waals surface area contributed by atoms with Crippen LogP contribution in [0, 0.1) is 12.5 Å². The molecule has 0 saturated heterocycles. The summed E-state index contributed by atoms with van der Waals surface area (Å²) in [4.78, 5) is 0. The maximum atomic E-state index is 4.87. The molecule has 2 atom stereocenters. The molecular weight excluding hydrogens is 126 g/mol. The van der Waals surface area contributed by atoms with E-state index in [9.17, 15) is 0 Å². The standard InChI is InChI=1S/C8H9NO/c1-2-8(9-4-1)7-3-5-10-6-7/h1-3,5,7-9H,4H2. The zero-order chi connectivity index (χ0) is 6.81. The van der Waals surface area contributed by atoms with Gasteiger partial charge < -0.3 is 10.1 Å². The third-order valence-electron chi connectivity index (χ3n) is 1.76. The molecule has 0 spiro atoms. The molecule has 2 aliphatic heterocycles. The fourth-order valence-electron chi connectivity index (χ4n) is 1.21. The van der Waals surface area contributed by atoms with E-state index >= 15 is 0 Å². The number of hydrogen-bond donors (Lipinski definition) is 1. The van der Waals surface area contributed by atoms with Gasteiger partial charge in [0.2, 0.25) is 6.61 Å². The molecule has 2 heterocycles. The Morgan fingerprint density at radius 2 is 2.50 bits per heavy atom. The van der Waals surface area contributed by atoms with E-state index in [-0.39, 0.29) is 0 Å². The largest absolute Gasteiger partial charge is 0.486 e. The Morgan fingerprint density at radius 3 is 3.10 bits per heavy atom. The Hall–Kier alpha value is -0.760. The van der Waals surface area contributed by atoms with Crippen LogP contribution in [-0.4, -0.2) is 12.6 Å². The molecule has 0 amide bonds. The highest BCUT2D eigenvalue weighted by Crippen LogP contribution is 2.19. The van der Waals surface area contributed by atoms with Crippen molar-refractivity contribution in [3.8, 4) is 0 Å². The second-order valence-corrected chi connectivity index (χ2v) is 2.45. The van der Waals surface area contributed by atoms with Crippen molar-refractivity contribution < 1.29 is 4.74 Å². The van der Waals surface area contributed by atoms with Crippen molar-refractivity contribution in [2.75, 3.05) is 6.54 Å². The van der Waals surface area contributed by atoms with Crippen molar-refractivity contribution in [3.63, 3.8) is 0 Å². The van der Waals surface area contributed by atoms with Crippen LogP contribution in [0.3, 0.4) is 0 Å². The number of ether oxygens (including phenoxy) is 1. The first-order chi connectivity index (χ1) is 4.97.